The molecule has 0 aromatic heterocycles. The predicted octanol–water partition coefficient (Wildman–Crippen LogP) is 3.11. The van der Waals surface area contributed by atoms with Crippen molar-refractivity contribution in [3.05, 3.63) is 89.7 Å². The second kappa shape index (κ2) is 9.30. The molecule has 0 radical (unpaired) electrons. The molecule has 174 valence electrons. The Hall–Kier alpha value is -3.28. The van der Waals surface area contributed by atoms with Crippen LogP contribution in [-0.4, -0.2) is 34.7 Å². The molecular formula is C22H22FN3O5S2. The van der Waals surface area contributed by atoms with Crippen LogP contribution in [0.1, 0.15) is 28.9 Å². The third-order valence-electron chi connectivity index (χ3n) is 5.08. The Kier molecular flexibility index (Phi) is 6.86. The number of nitrogens with zero attached hydrogens (tertiary/aromatic N) is 1. The molecule has 0 saturated heterocycles. The van der Waals surface area contributed by atoms with Crippen LogP contribution < -0.4 is 9.86 Å². The number of anilines is 1. The molecule has 0 bridgehead atoms. The lowest BCUT2D eigenvalue weighted by Gasteiger charge is -2.26. The summed E-state index contributed by atoms with van der Waals surface area (Å²) in [7, 11) is -6.56. The lowest BCUT2D eigenvalue weighted by Crippen LogP contribution is -2.30. The molecular weight excluding hydrogens is 469 g/mol. The standard InChI is InChI=1S/C22H22FN3O5S2/c1-15(16-7-5-9-18(13-16)32(24,28)29)26(2)22(27)17-8-6-10-19(14-17)33(30,31)25-21-12-4-3-11-20(21)23/h3-15,25H,1-2H3,(H2,24,28,29). The van der Waals surface area contributed by atoms with Crippen LogP contribution in [0.3, 0.4) is 0 Å². The van der Waals surface area contributed by atoms with E-state index in [2.05, 4.69) is 4.72 Å². The van der Waals surface area contributed by atoms with Gasteiger partial charge < -0.3 is 4.90 Å². The van der Waals surface area contributed by atoms with Crippen molar-refractivity contribution in [3.8, 4) is 0 Å². The van der Waals surface area contributed by atoms with Crippen molar-refractivity contribution < 1.29 is 26.0 Å². The number of nitrogens with two attached hydrogens (primary N) is 1. The fourth-order valence-corrected chi connectivity index (χ4v) is 4.78. The monoisotopic (exact) mass is 491 g/mol. The number of hydrogen-bond donors (Lipinski definition) is 2. The predicted molar refractivity (Wildman–Crippen MR) is 122 cm³/mol. The van der Waals surface area contributed by atoms with E-state index in [1.807, 2.05) is 0 Å². The summed E-state index contributed by atoms with van der Waals surface area (Å²) < 4.78 is 64.7. The van der Waals surface area contributed by atoms with Gasteiger partial charge in [0.05, 0.1) is 21.5 Å². The number of carbonyl (C=O) groups excluding carboxylic acids is 1. The summed E-state index contributed by atoms with van der Waals surface area (Å²) in [6.07, 6.45) is 0. The Labute approximate surface area is 192 Å². The van der Waals surface area contributed by atoms with Gasteiger partial charge in [0.1, 0.15) is 5.82 Å². The van der Waals surface area contributed by atoms with Crippen molar-refractivity contribution in [3.63, 3.8) is 0 Å². The highest BCUT2D eigenvalue weighted by molar-refractivity contribution is 7.92. The normalized spacial score (nSPS) is 12.7. The largest absolute Gasteiger partial charge is 0.335 e. The third kappa shape index (κ3) is 5.56. The van der Waals surface area contributed by atoms with E-state index in [9.17, 15) is 26.0 Å². The van der Waals surface area contributed by atoms with Gasteiger partial charge in [0.2, 0.25) is 10.0 Å². The molecule has 0 fully saturated rings. The Morgan fingerprint density at radius 2 is 1.58 bits per heavy atom. The summed E-state index contributed by atoms with van der Waals surface area (Å²) >= 11 is 0. The molecule has 0 aliphatic rings. The molecule has 3 aromatic rings. The average Bonchev–Trinajstić information content (AvgIpc) is 2.78. The van der Waals surface area contributed by atoms with Gasteiger partial charge in [-0.1, -0.05) is 30.3 Å². The molecule has 1 atom stereocenters. The van der Waals surface area contributed by atoms with Crippen molar-refractivity contribution in [1.29, 1.82) is 0 Å². The summed E-state index contributed by atoms with van der Waals surface area (Å²) in [4.78, 5) is 14.1. The van der Waals surface area contributed by atoms with Gasteiger partial charge in [-0.05, 0) is 55.0 Å². The van der Waals surface area contributed by atoms with Gasteiger partial charge >= 0.3 is 0 Å². The van der Waals surface area contributed by atoms with Crippen LogP contribution in [0.4, 0.5) is 10.1 Å². The smallest absolute Gasteiger partial charge is 0.262 e. The summed E-state index contributed by atoms with van der Waals surface area (Å²) in [5.41, 5.74) is 0.403. The number of nitrogens with one attached hydrogen (secondary N) is 1. The minimum absolute atomic E-state index is 0.0833. The van der Waals surface area contributed by atoms with Crippen LogP contribution in [0, 0.1) is 5.82 Å². The molecule has 8 nitrogen and oxygen atoms in total. The molecule has 0 aliphatic heterocycles. The fraction of sp³-hybridized carbons (Fsp3) is 0.136. The fourth-order valence-electron chi connectivity index (χ4n) is 3.10. The summed E-state index contributed by atoms with van der Waals surface area (Å²) in [5.74, 6) is -1.23. The SMILES string of the molecule is CC(c1cccc(S(N)(=O)=O)c1)N(C)C(=O)c1cccc(S(=O)(=O)Nc2ccccc2F)c1. The van der Waals surface area contributed by atoms with Crippen molar-refractivity contribution in [2.75, 3.05) is 11.8 Å². The molecule has 3 rings (SSSR count). The van der Waals surface area contributed by atoms with E-state index >= 15 is 0 Å². The van der Waals surface area contributed by atoms with Crippen molar-refractivity contribution in [2.45, 2.75) is 22.8 Å². The quantitative estimate of drug-likeness (QED) is 0.525. The molecule has 3 N–H and O–H groups in total. The minimum atomic E-state index is -4.15. The highest BCUT2D eigenvalue weighted by Crippen LogP contribution is 2.24. The second-order valence-corrected chi connectivity index (χ2v) is 10.6. The number of hydrogen-bond acceptors (Lipinski definition) is 5. The van der Waals surface area contributed by atoms with E-state index in [0.29, 0.717) is 5.56 Å². The van der Waals surface area contributed by atoms with Gasteiger partial charge in [0.25, 0.3) is 15.9 Å². The number of halogens is 1. The first-order valence-electron chi connectivity index (χ1n) is 9.67. The highest BCUT2D eigenvalue weighted by Gasteiger charge is 2.23. The molecule has 3 aromatic carbocycles. The molecule has 0 aliphatic carbocycles. The lowest BCUT2D eigenvalue weighted by molar-refractivity contribution is 0.0742. The van der Waals surface area contributed by atoms with E-state index in [-0.39, 0.29) is 21.0 Å². The Balaban J connectivity index is 1.86. The van der Waals surface area contributed by atoms with E-state index in [1.165, 1.54) is 72.6 Å². The maximum Gasteiger partial charge on any atom is 0.262 e. The van der Waals surface area contributed by atoms with Gasteiger partial charge in [-0.2, -0.15) is 0 Å². The average molecular weight is 492 g/mol. The zero-order valence-electron chi connectivity index (χ0n) is 17.8. The molecule has 0 saturated carbocycles. The summed E-state index contributed by atoms with van der Waals surface area (Å²) in [6.45, 7) is 1.69. The molecule has 11 heteroatoms. The first-order chi connectivity index (χ1) is 15.4. The highest BCUT2D eigenvalue weighted by atomic mass is 32.2. The van der Waals surface area contributed by atoms with Crippen LogP contribution in [0.2, 0.25) is 0 Å². The van der Waals surface area contributed by atoms with Crippen molar-refractivity contribution in [1.82, 2.24) is 4.90 Å². The van der Waals surface area contributed by atoms with Gasteiger partial charge in [-0.3, -0.25) is 9.52 Å². The van der Waals surface area contributed by atoms with E-state index < -0.39 is 37.8 Å². The first kappa shape index (κ1) is 24.4. The van der Waals surface area contributed by atoms with Crippen LogP contribution in [-0.2, 0) is 20.0 Å². The van der Waals surface area contributed by atoms with E-state index in [1.54, 1.807) is 13.0 Å². The third-order valence-corrected chi connectivity index (χ3v) is 7.35. The van der Waals surface area contributed by atoms with E-state index in [0.717, 1.165) is 6.07 Å². The first-order valence-corrected chi connectivity index (χ1v) is 12.7. The van der Waals surface area contributed by atoms with Crippen LogP contribution in [0.5, 0.6) is 0 Å². The number of carbonyl (C=O) groups is 1. The van der Waals surface area contributed by atoms with Crippen molar-refractivity contribution in [2.24, 2.45) is 5.14 Å². The maximum absolute atomic E-state index is 13.9. The molecule has 1 amide bonds. The van der Waals surface area contributed by atoms with Gasteiger partial charge in [-0.15, -0.1) is 0 Å². The lowest BCUT2D eigenvalue weighted by atomic mass is 10.1. The molecule has 0 heterocycles. The number of rotatable bonds is 7. The number of amides is 1. The maximum atomic E-state index is 13.9. The zero-order valence-corrected chi connectivity index (χ0v) is 19.4. The molecule has 1 unspecified atom stereocenters. The number of benzene rings is 3. The van der Waals surface area contributed by atoms with Crippen LogP contribution >= 0.6 is 0 Å². The number of para-hydroxylation sites is 1. The summed E-state index contributed by atoms with van der Waals surface area (Å²) in [5, 5.41) is 5.18. The Bertz CT molecular complexity index is 1410. The van der Waals surface area contributed by atoms with Gasteiger partial charge in [-0.25, -0.2) is 26.4 Å². The van der Waals surface area contributed by atoms with Gasteiger partial charge in [0.15, 0.2) is 0 Å². The van der Waals surface area contributed by atoms with E-state index in [4.69, 9.17) is 5.14 Å². The topological polar surface area (TPSA) is 127 Å². The zero-order chi connectivity index (χ0) is 24.4. The van der Waals surface area contributed by atoms with Crippen molar-refractivity contribution >= 4 is 31.6 Å². The molecule has 33 heavy (non-hydrogen) atoms. The summed E-state index contributed by atoms with van der Waals surface area (Å²) in [6, 6.07) is 16.0. The molecule has 0 spiro atoms. The number of sulfonamides is 2. The Morgan fingerprint density at radius 1 is 0.939 bits per heavy atom. The van der Waals surface area contributed by atoms with Crippen LogP contribution in [0.25, 0.3) is 0 Å². The van der Waals surface area contributed by atoms with Gasteiger partial charge in [0, 0.05) is 12.6 Å². The Morgan fingerprint density at radius 3 is 2.24 bits per heavy atom. The number of primary sulfonamides is 1. The second-order valence-electron chi connectivity index (χ2n) is 7.32. The van der Waals surface area contributed by atoms with Crippen LogP contribution in [0.15, 0.2) is 82.6 Å². The minimum Gasteiger partial charge on any atom is -0.335 e.